The van der Waals surface area contributed by atoms with Crippen molar-refractivity contribution in [2.75, 3.05) is 0 Å². The van der Waals surface area contributed by atoms with E-state index < -0.39 is 0 Å². The van der Waals surface area contributed by atoms with Gasteiger partial charge < -0.3 is 9.47 Å². The van der Waals surface area contributed by atoms with Crippen LogP contribution in [0.4, 0.5) is 0 Å². The van der Waals surface area contributed by atoms with E-state index >= 15 is 0 Å². The van der Waals surface area contributed by atoms with Crippen molar-refractivity contribution >= 4 is 7.05 Å². The molecule has 3 heteroatoms. The lowest BCUT2D eigenvalue weighted by molar-refractivity contribution is 0.108. The molecule has 0 radical (unpaired) electrons. The topological polar surface area (TPSA) is 12.5 Å². The summed E-state index contributed by atoms with van der Waals surface area (Å²) in [7, 11) is 0.0918. The highest BCUT2D eigenvalue weighted by Crippen LogP contribution is 2.48. The Balaban J connectivity index is 1.92. The average Bonchev–Trinajstić information content (AvgIpc) is 3.13. The maximum Gasteiger partial charge on any atom is 0.413 e. The monoisotopic (exact) mass is 275 g/mol. The van der Waals surface area contributed by atoms with Gasteiger partial charge in [-0.2, -0.15) is 0 Å². The molecule has 21 heavy (non-hydrogen) atoms. The van der Waals surface area contributed by atoms with Crippen LogP contribution in [-0.4, -0.2) is 17.9 Å². The van der Waals surface area contributed by atoms with Crippen LogP contribution >= 0.6 is 0 Å². The summed E-state index contributed by atoms with van der Waals surface area (Å²) in [6.07, 6.45) is 5.46. The number of rotatable bonds is 2. The molecule has 104 valence electrons. The summed E-state index contributed by atoms with van der Waals surface area (Å²) in [6, 6.07) is 21.6. The minimum Gasteiger partial charge on any atom is -0.401 e. The molecule has 2 aromatic carbocycles. The molecule has 1 atom stereocenters. The van der Waals surface area contributed by atoms with E-state index in [9.17, 15) is 0 Å². The fourth-order valence-corrected chi connectivity index (χ4v) is 3.76. The van der Waals surface area contributed by atoms with Gasteiger partial charge in [-0.1, -0.05) is 66.7 Å². The van der Waals surface area contributed by atoms with E-state index in [1.54, 1.807) is 0 Å². The van der Waals surface area contributed by atoms with Crippen LogP contribution in [0.1, 0.15) is 17.5 Å². The zero-order valence-corrected chi connectivity index (χ0v) is 12.1. The summed E-state index contributed by atoms with van der Waals surface area (Å²) < 4.78 is 6.56. The fraction of sp³-hybridized carbons (Fsp3) is 0.222. The van der Waals surface area contributed by atoms with Gasteiger partial charge in [0.05, 0.1) is 6.04 Å². The van der Waals surface area contributed by atoms with Crippen LogP contribution in [-0.2, 0) is 10.3 Å². The lowest BCUT2D eigenvalue weighted by Crippen LogP contribution is -2.40. The van der Waals surface area contributed by atoms with E-state index in [2.05, 4.69) is 84.6 Å². The van der Waals surface area contributed by atoms with Crippen molar-refractivity contribution < 1.29 is 4.65 Å². The second-order valence-electron chi connectivity index (χ2n) is 5.77. The van der Waals surface area contributed by atoms with Crippen molar-refractivity contribution in [2.24, 2.45) is 0 Å². The molecule has 1 fully saturated rings. The Labute approximate surface area is 126 Å². The van der Waals surface area contributed by atoms with E-state index in [1.165, 1.54) is 11.1 Å². The van der Waals surface area contributed by atoms with Crippen LogP contribution in [0.25, 0.3) is 0 Å². The molecule has 0 N–H and O–H groups in total. The van der Waals surface area contributed by atoms with E-state index in [0.29, 0.717) is 6.04 Å². The molecule has 0 bridgehead atoms. The first-order valence-electron chi connectivity index (χ1n) is 7.55. The summed E-state index contributed by atoms with van der Waals surface area (Å²) >= 11 is 0. The van der Waals surface area contributed by atoms with Gasteiger partial charge in [0.25, 0.3) is 0 Å². The molecule has 0 amide bonds. The molecule has 2 aliphatic heterocycles. The molecule has 0 unspecified atom stereocenters. The zero-order chi connectivity index (χ0) is 14.3. The highest BCUT2D eigenvalue weighted by Gasteiger charge is 2.55. The minimum absolute atomic E-state index is 0.0918. The molecule has 0 aliphatic carbocycles. The van der Waals surface area contributed by atoms with E-state index in [1.807, 2.05) is 0 Å². The van der Waals surface area contributed by atoms with Crippen LogP contribution in [0.2, 0.25) is 6.82 Å². The highest BCUT2D eigenvalue weighted by atomic mass is 16.5. The van der Waals surface area contributed by atoms with Crippen LogP contribution in [0.15, 0.2) is 72.9 Å². The lowest BCUT2D eigenvalue weighted by atomic mass is 9.79. The van der Waals surface area contributed by atoms with E-state index in [-0.39, 0.29) is 12.7 Å². The van der Waals surface area contributed by atoms with Gasteiger partial charge in [0.1, 0.15) is 5.60 Å². The smallest absolute Gasteiger partial charge is 0.401 e. The van der Waals surface area contributed by atoms with Gasteiger partial charge in [0, 0.05) is 0 Å². The van der Waals surface area contributed by atoms with Crippen LogP contribution in [0, 0.1) is 0 Å². The van der Waals surface area contributed by atoms with Gasteiger partial charge in [-0.3, -0.25) is 0 Å². The third-order valence-electron chi connectivity index (χ3n) is 4.65. The molecule has 2 aromatic rings. The first-order chi connectivity index (χ1) is 10.3. The predicted octanol–water partition coefficient (Wildman–Crippen LogP) is 3.67. The van der Waals surface area contributed by atoms with Gasteiger partial charge in [-0.05, 0) is 30.6 Å². The first kappa shape index (κ1) is 12.7. The summed E-state index contributed by atoms with van der Waals surface area (Å²) in [5.74, 6) is 0. The normalized spacial score (nSPS) is 22.6. The van der Waals surface area contributed by atoms with Gasteiger partial charge >= 0.3 is 7.05 Å². The summed E-state index contributed by atoms with van der Waals surface area (Å²) in [6.45, 7) is 2.14. The predicted molar refractivity (Wildman–Crippen MR) is 85.8 cm³/mol. The summed E-state index contributed by atoms with van der Waals surface area (Å²) in [4.78, 5) is 2.35. The van der Waals surface area contributed by atoms with Gasteiger partial charge in [-0.25, -0.2) is 0 Å². The number of hydrogen-bond donors (Lipinski definition) is 0. The molecule has 1 saturated heterocycles. The van der Waals surface area contributed by atoms with Crippen molar-refractivity contribution in [2.45, 2.75) is 24.9 Å². The van der Waals surface area contributed by atoms with Gasteiger partial charge in [0.2, 0.25) is 0 Å². The Morgan fingerprint density at radius 2 is 1.57 bits per heavy atom. The molecule has 4 rings (SSSR count). The summed E-state index contributed by atoms with van der Waals surface area (Å²) in [5, 5.41) is 0. The number of hydrogen-bond acceptors (Lipinski definition) is 2. The van der Waals surface area contributed by atoms with Crippen LogP contribution in [0.3, 0.4) is 0 Å². The van der Waals surface area contributed by atoms with Crippen LogP contribution < -0.4 is 0 Å². The van der Waals surface area contributed by atoms with Gasteiger partial charge in [0.15, 0.2) is 0 Å². The third kappa shape index (κ3) is 1.77. The van der Waals surface area contributed by atoms with Crippen molar-refractivity contribution in [1.29, 1.82) is 0 Å². The van der Waals surface area contributed by atoms with Crippen LogP contribution in [0.5, 0.6) is 0 Å². The second-order valence-corrected chi connectivity index (χ2v) is 5.77. The van der Waals surface area contributed by atoms with Crippen molar-refractivity contribution in [3.05, 3.63) is 84.1 Å². The highest BCUT2D eigenvalue weighted by molar-refractivity contribution is 6.48. The Morgan fingerprint density at radius 1 is 1.00 bits per heavy atom. The minimum atomic E-state index is -0.383. The molecule has 2 aliphatic rings. The summed E-state index contributed by atoms with van der Waals surface area (Å²) in [5.41, 5.74) is 2.09. The second kappa shape index (κ2) is 4.78. The van der Waals surface area contributed by atoms with E-state index in [0.717, 1.165) is 6.42 Å². The molecule has 2 heterocycles. The lowest BCUT2D eigenvalue weighted by Gasteiger charge is -2.36. The molecule has 0 saturated carbocycles. The fourth-order valence-electron chi connectivity index (χ4n) is 3.76. The van der Waals surface area contributed by atoms with Crippen molar-refractivity contribution in [3.63, 3.8) is 0 Å². The molecular formula is C18H18BNO. The zero-order valence-electron chi connectivity index (χ0n) is 12.1. The van der Waals surface area contributed by atoms with Gasteiger partial charge in [-0.15, -0.1) is 0 Å². The molecular weight excluding hydrogens is 257 g/mol. The Morgan fingerprint density at radius 3 is 2.14 bits per heavy atom. The maximum atomic E-state index is 6.56. The van der Waals surface area contributed by atoms with Crippen molar-refractivity contribution in [1.82, 2.24) is 4.81 Å². The molecule has 0 spiro atoms. The Kier molecular flexibility index (Phi) is 2.90. The first-order valence-corrected chi connectivity index (χ1v) is 7.55. The number of nitrogens with zero attached hydrogens (tertiary/aromatic N) is 1. The third-order valence-corrected chi connectivity index (χ3v) is 4.65. The van der Waals surface area contributed by atoms with E-state index in [4.69, 9.17) is 4.65 Å². The number of fused-ring (bicyclic) bond motifs is 1. The Hall–Kier alpha value is -2.00. The SMILES string of the molecule is CB1OC(c2ccccc2)(c2ccccc2)[C@@H]2CC=CN12. The molecule has 0 aromatic heterocycles. The molecule has 2 nitrogen and oxygen atoms in total. The standard InChI is InChI=1S/C18H18BNO/c1-19-20-14-8-13-17(20)18(21-19,15-9-4-2-5-10-15)16-11-6-3-7-12-16/h2-12,14,17H,13H2,1H3/t17-/m0/s1. The van der Waals surface area contributed by atoms with Crippen molar-refractivity contribution in [3.8, 4) is 0 Å². The Bertz CT molecular complexity index is 616. The average molecular weight is 275 g/mol. The number of benzene rings is 2. The maximum absolute atomic E-state index is 6.56. The largest absolute Gasteiger partial charge is 0.413 e. The quantitative estimate of drug-likeness (QED) is 0.775.